The fourth-order valence-electron chi connectivity index (χ4n) is 2.76. The first-order valence-corrected chi connectivity index (χ1v) is 8.27. The van der Waals surface area contributed by atoms with Gasteiger partial charge in [0, 0.05) is 5.56 Å². The van der Waals surface area contributed by atoms with Crippen molar-refractivity contribution in [1.29, 1.82) is 0 Å². The minimum absolute atomic E-state index is 0.187. The normalized spacial score (nSPS) is 12.7. The van der Waals surface area contributed by atoms with E-state index in [1.807, 2.05) is 32.9 Å². The Morgan fingerprint density at radius 1 is 1.15 bits per heavy atom. The first-order chi connectivity index (χ1) is 12.2. The molecule has 0 fully saturated rings. The van der Waals surface area contributed by atoms with Gasteiger partial charge in [-0.2, -0.15) is 13.2 Å². The molecule has 0 aromatic heterocycles. The zero-order chi connectivity index (χ0) is 19.3. The molecular weight excluding hydrogens is 343 g/mol. The molecule has 2 aromatic rings. The average molecular weight is 365 g/mol. The van der Waals surface area contributed by atoms with E-state index in [1.165, 1.54) is 0 Å². The number of rotatable bonds is 6. The molecule has 0 spiro atoms. The van der Waals surface area contributed by atoms with E-state index in [0.717, 1.165) is 16.7 Å². The molecule has 0 bridgehead atoms. The predicted molar refractivity (Wildman–Crippen MR) is 94.0 cm³/mol. The van der Waals surface area contributed by atoms with E-state index in [1.54, 1.807) is 24.3 Å². The van der Waals surface area contributed by atoms with E-state index in [2.05, 4.69) is 16.1 Å². The topological polar surface area (TPSA) is 38.3 Å². The lowest BCUT2D eigenvalue weighted by molar-refractivity contribution is -0.176. The maximum Gasteiger partial charge on any atom is 0.411 e. The van der Waals surface area contributed by atoms with Gasteiger partial charge in [0.25, 0.3) is 5.91 Å². The summed E-state index contributed by atoms with van der Waals surface area (Å²) in [6.07, 6.45) is -4.36. The van der Waals surface area contributed by atoms with Crippen molar-refractivity contribution in [2.45, 2.75) is 39.6 Å². The van der Waals surface area contributed by atoms with Crippen LogP contribution in [0.15, 0.2) is 42.5 Å². The minimum Gasteiger partial charge on any atom is -0.367 e. The molecule has 1 amide bonds. The molecule has 1 atom stereocenters. The Bertz CT molecular complexity index is 772. The Morgan fingerprint density at radius 3 is 2.54 bits per heavy atom. The molecule has 26 heavy (non-hydrogen) atoms. The van der Waals surface area contributed by atoms with Gasteiger partial charge in [0.15, 0.2) is 0 Å². The van der Waals surface area contributed by atoms with E-state index in [4.69, 9.17) is 0 Å². The Morgan fingerprint density at radius 2 is 1.88 bits per heavy atom. The lowest BCUT2D eigenvalue weighted by Gasteiger charge is -2.17. The Balaban J connectivity index is 2.01. The Kier molecular flexibility index (Phi) is 6.42. The predicted octanol–water partition coefficient (Wildman–Crippen LogP) is 4.87. The third kappa shape index (κ3) is 5.88. The number of halogens is 3. The van der Waals surface area contributed by atoms with Gasteiger partial charge in [0.05, 0.1) is 12.6 Å². The first-order valence-electron chi connectivity index (χ1n) is 8.27. The third-order valence-electron chi connectivity index (χ3n) is 3.96. The summed E-state index contributed by atoms with van der Waals surface area (Å²) >= 11 is 0. The standard InChI is InChI=1S/C20H22F3NO2/c1-13-7-8-18(14(2)9-13)15(3)24-19(25)17-6-4-5-16(10-17)11-26-12-20(21,22)23/h4-10,15H,11-12H2,1-3H3,(H,24,25). The second-order valence-corrected chi connectivity index (χ2v) is 6.36. The van der Waals surface area contributed by atoms with Crippen molar-refractivity contribution < 1.29 is 22.7 Å². The summed E-state index contributed by atoms with van der Waals surface area (Å²) in [5, 5.41) is 2.92. The highest BCUT2D eigenvalue weighted by Crippen LogP contribution is 2.20. The van der Waals surface area contributed by atoms with E-state index < -0.39 is 12.8 Å². The maximum absolute atomic E-state index is 12.5. The van der Waals surface area contributed by atoms with Crippen molar-refractivity contribution in [3.05, 3.63) is 70.3 Å². The van der Waals surface area contributed by atoms with Crippen LogP contribution in [0.3, 0.4) is 0 Å². The van der Waals surface area contributed by atoms with Crippen molar-refractivity contribution in [3.63, 3.8) is 0 Å². The summed E-state index contributed by atoms with van der Waals surface area (Å²) in [6, 6.07) is 12.3. The molecule has 0 aliphatic heterocycles. The van der Waals surface area contributed by atoms with Gasteiger partial charge in [-0.25, -0.2) is 0 Å². The van der Waals surface area contributed by atoms with Crippen LogP contribution < -0.4 is 5.32 Å². The molecule has 2 aromatic carbocycles. The van der Waals surface area contributed by atoms with E-state index in [0.29, 0.717) is 11.1 Å². The van der Waals surface area contributed by atoms with Crippen molar-refractivity contribution in [2.75, 3.05) is 6.61 Å². The lowest BCUT2D eigenvalue weighted by Crippen LogP contribution is -2.27. The number of carbonyl (C=O) groups excluding carboxylic acids is 1. The number of nitrogens with one attached hydrogen (secondary N) is 1. The van der Waals surface area contributed by atoms with Gasteiger partial charge in [-0.3, -0.25) is 4.79 Å². The average Bonchev–Trinajstić information content (AvgIpc) is 2.53. The van der Waals surface area contributed by atoms with E-state index in [-0.39, 0.29) is 18.6 Å². The molecule has 0 aliphatic carbocycles. The highest BCUT2D eigenvalue weighted by Gasteiger charge is 2.27. The fourth-order valence-corrected chi connectivity index (χ4v) is 2.76. The summed E-state index contributed by atoms with van der Waals surface area (Å²) in [5.74, 6) is -0.282. The second-order valence-electron chi connectivity index (χ2n) is 6.36. The molecule has 2 rings (SSSR count). The van der Waals surface area contributed by atoms with Gasteiger partial charge in [0.1, 0.15) is 6.61 Å². The van der Waals surface area contributed by atoms with Gasteiger partial charge in [-0.05, 0) is 49.6 Å². The molecule has 0 heterocycles. The molecule has 0 aliphatic rings. The van der Waals surface area contributed by atoms with Gasteiger partial charge in [0.2, 0.25) is 0 Å². The number of alkyl halides is 3. The quantitative estimate of drug-likeness (QED) is 0.793. The van der Waals surface area contributed by atoms with Crippen molar-refractivity contribution in [3.8, 4) is 0 Å². The maximum atomic E-state index is 12.5. The highest BCUT2D eigenvalue weighted by molar-refractivity contribution is 5.94. The summed E-state index contributed by atoms with van der Waals surface area (Å²) in [6.45, 7) is 4.38. The van der Waals surface area contributed by atoms with Crippen molar-refractivity contribution in [2.24, 2.45) is 0 Å². The number of ether oxygens (including phenoxy) is 1. The summed E-state index contributed by atoms with van der Waals surface area (Å²) in [7, 11) is 0. The van der Waals surface area contributed by atoms with Crippen LogP contribution in [0.25, 0.3) is 0 Å². The van der Waals surface area contributed by atoms with Crippen LogP contribution >= 0.6 is 0 Å². The molecule has 140 valence electrons. The fraction of sp³-hybridized carbons (Fsp3) is 0.350. The molecular formula is C20H22F3NO2. The minimum atomic E-state index is -4.36. The van der Waals surface area contributed by atoms with Crippen molar-refractivity contribution >= 4 is 5.91 Å². The monoisotopic (exact) mass is 365 g/mol. The van der Waals surface area contributed by atoms with Crippen LogP contribution in [-0.2, 0) is 11.3 Å². The number of carbonyl (C=O) groups is 1. The van der Waals surface area contributed by atoms with Crippen molar-refractivity contribution in [1.82, 2.24) is 5.32 Å². The molecule has 3 nitrogen and oxygen atoms in total. The number of benzene rings is 2. The third-order valence-corrected chi connectivity index (χ3v) is 3.96. The van der Waals surface area contributed by atoms with Crippen LogP contribution in [0, 0.1) is 13.8 Å². The Labute approximate surface area is 151 Å². The van der Waals surface area contributed by atoms with Gasteiger partial charge in [-0.15, -0.1) is 0 Å². The van der Waals surface area contributed by atoms with Crippen LogP contribution in [-0.4, -0.2) is 18.7 Å². The van der Waals surface area contributed by atoms with E-state index >= 15 is 0 Å². The number of aryl methyl sites for hydroxylation is 2. The van der Waals surface area contributed by atoms with Crippen LogP contribution in [0.2, 0.25) is 0 Å². The molecule has 1 unspecified atom stereocenters. The zero-order valence-corrected chi connectivity index (χ0v) is 15.0. The van der Waals surface area contributed by atoms with Gasteiger partial charge in [-0.1, -0.05) is 35.9 Å². The van der Waals surface area contributed by atoms with Gasteiger partial charge >= 0.3 is 6.18 Å². The molecule has 1 N–H and O–H groups in total. The SMILES string of the molecule is Cc1ccc(C(C)NC(=O)c2cccc(COCC(F)(F)F)c2)c(C)c1. The summed E-state index contributed by atoms with van der Waals surface area (Å²) in [5.41, 5.74) is 4.16. The number of hydrogen-bond acceptors (Lipinski definition) is 2. The molecule has 6 heteroatoms. The van der Waals surface area contributed by atoms with Gasteiger partial charge < -0.3 is 10.1 Å². The lowest BCUT2D eigenvalue weighted by atomic mass is 10.00. The molecule has 0 saturated carbocycles. The highest BCUT2D eigenvalue weighted by atomic mass is 19.4. The number of amides is 1. The zero-order valence-electron chi connectivity index (χ0n) is 15.0. The van der Waals surface area contributed by atoms with Crippen LogP contribution in [0.1, 0.15) is 45.6 Å². The second kappa shape index (κ2) is 8.36. The first kappa shape index (κ1) is 20.0. The Hall–Kier alpha value is -2.34. The largest absolute Gasteiger partial charge is 0.411 e. The smallest absolute Gasteiger partial charge is 0.367 e. The molecule has 0 radical (unpaired) electrons. The summed E-state index contributed by atoms with van der Waals surface area (Å²) < 4.78 is 41.1. The van der Waals surface area contributed by atoms with Crippen LogP contribution in [0.5, 0.6) is 0 Å². The van der Waals surface area contributed by atoms with E-state index in [9.17, 15) is 18.0 Å². The van der Waals surface area contributed by atoms with Crippen LogP contribution in [0.4, 0.5) is 13.2 Å². The summed E-state index contributed by atoms with van der Waals surface area (Å²) in [4.78, 5) is 12.5. The molecule has 0 saturated heterocycles. The number of hydrogen-bond donors (Lipinski definition) is 1.